The summed E-state index contributed by atoms with van der Waals surface area (Å²) in [6.45, 7) is 0.378. The zero-order valence-electron chi connectivity index (χ0n) is 10.9. The summed E-state index contributed by atoms with van der Waals surface area (Å²) in [6.07, 6.45) is 3.30. The van der Waals surface area contributed by atoms with Crippen LogP contribution in [-0.2, 0) is 9.59 Å². The van der Waals surface area contributed by atoms with Gasteiger partial charge in [0.1, 0.15) is 12.3 Å². The SMILES string of the molecule is O=C1CNC(=O)N1CC(=O)N1CCCC1c1ccco1. The number of urea groups is 1. The molecule has 0 spiro atoms. The van der Waals surface area contributed by atoms with Gasteiger partial charge in [0.2, 0.25) is 5.91 Å². The summed E-state index contributed by atoms with van der Waals surface area (Å²) in [7, 11) is 0. The van der Waals surface area contributed by atoms with Crippen LogP contribution in [0.5, 0.6) is 0 Å². The molecule has 2 aliphatic rings. The summed E-state index contributed by atoms with van der Waals surface area (Å²) in [5.41, 5.74) is 0. The van der Waals surface area contributed by atoms with Gasteiger partial charge in [-0.15, -0.1) is 0 Å². The summed E-state index contributed by atoms with van der Waals surface area (Å²) in [5.74, 6) is 0.152. The quantitative estimate of drug-likeness (QED) is 0.815. The van der Waals surface area contributed by atoms with Crippen molar-refractivity contribution < 1.29 is 18.8 Å². The zero-order chi connectivity index (χ0) is 14.1. The van der Waals surface area contributed by atoms with Crippen LogP contribution in [0.1, 0.15) is 24.6 Å². The van der Waals surface area contributed by atoms with E-state index in [0.717, 1.165) is 23.5 Å². The number of amides is 4. The van der Waals surface area contributed by atoms with E-state index in [-0.39, 0.29) is 30.9 Å². The lowest BCUT2D eigenvalue weighted by molar-refractivity contribution is -0.137. The van der Waals surface area contributed by atoms with Crippen molar-refractivity contribution in [2.24, 2.45) is 0 Å². The van der Waals surface area contributed by atoms with Gasteiger partial charge >= 0.3 is 6.03 Å². The Bertz CT molecular complexity index is 524. The van der Waals surface area contributed by atoms with Crippen molar-refractivity contribution in [2.45, 2.75) is 18.9 Å². The molecule has 0 aromatic carbocycles. The Labute approximate surface area is 115 Å². The number of hydrogen-bond acceptors (Lipinski definition) is 4. The molecule has 3 heterocycles. The molecule has 7 heteroatoms. The highest BCUT2D eigenvalue weighted by Crippen LogP contribution is 2.32. The predicted molar refractivity (Wildman–Crippen MR) is 67.5 cm³/mol. The van der Waals surface area contributed by atoms with E-state index < -0.39 is 6.03 Å². The van der Waals surface area contributed by atoms with Crippen LogP contribution in [0.3, 0.4) is 0 Å². The third-order valence-corrected chi connectivity index (χ3v) is 3.68. The van der Waals surface area contributed by atoms with Crippen LogP contribution in [-0.4, -0.2) is 47.3 Å². The fraction of sp³-hybridized carbons (Fsp3) is 0.462. The second-order valence-electron chi connectivity index (χ2n) is 4.90. The lowest BCUT2D eigenvalue weighted by Crippen LogP contribution is -2.42. The molecule has 20 heavy (non-hydrogen) atoms. The van der Waals surface area contributed by atoms with Crippen molar-refractivity contribution in [3.8, 4) is 0 Å². The van der Waals surface area contributed by atoms with Gasteiger partial charge in [-0.05, 0) is 25.0 Å². The zero-order valence-corrected chi connectivity index (χ0v) is 10.9. The Balaban J connectivity index is 1.70. The van der Waals surface area contributed by atoms with Gasteiger partial charge in [-0.2, -0.15) is 0 Å². The summed E-state index contributed by atoms with van der Waals surface area (Å²) >= 11 is 0. The number of carbonyl (C=O) groups is 3. The Morgan fingerprint density at radius 1 is 1.45 bits per heavy atom. The molecule has 1 unspecified atom stereocenters. The number of carbonyl (C=O) groups excluding carboxylic acids is 3. The highest BCUT2D eigenvalue weighted by Gasteiger charge is 2.36. The minimum absolute atomic E-state index is 0.0340. The first-order valence-electron chi connectivity index (χ1n) is 6.58. The van der Waals surface area contributed by atoms with Gasteiger partial charge in [0.05, 0.1) is 18.8 Å². The van der Waals surface area contributed by atoms with E-state index in [9.17, 15) is 14.4 Å². The minimum atomic E-state index is -0.503. The van der Waals surface area contributed by atoms with Gasteiger partial charge in [0.15, 0.2) is 0 Å². The maximum Gasteiger partial charge on any atom is 0.325 e. The predicted octanol–water partition coefficient (Wildman–Crippen LogP) is 0.495. The maximum atomic E-state index is 12.3. The molecule has 2 fully saturated rings. The fourth-order valence-corrected chi connectivity index (χ4v) is 2.68. The van der Waals surface area contributed by atoms with Crippen LogP contribution in [0, 0.1) is 0 Å². The number of nitrogens with one attached hydrogen (secondary N) is 1. The standard InChI is InChI=1S/C13H15N3O4/c17-11-7-14-13(19)16(11)8-12(18)15-5-1-3-9(15)10-4-2-6-20-10/h2,4,6,9H,1,3,5,7-8H2,(H,14,19). The van der Waals surface area contributed by atoms with Gasteiger partial charge < -0.3 is 14.6 Å². The smallest absolute Gasteiger partial charge is 0.325 e. The molecular weight excluding hydrogens is 262 g/mol. The number of nitrogens with zero attached hydrogens (tertiary/aromatic N) is 2. The topological polar surface area (TPSA) is 82.9 Å². The molecule has 7 nitrogen and oxygen atoms in total. The van der Waals surface area contributed by atoms with Crippen molar-refractivity contribution in [3.05, 3.63) is 24.2 Å². The molecule has 106 valence electrons. The molecule has 1 N–H and O–H groups in total. The van der Waals surface area contributed by atoms with Crippen molar-refractivity contribution in [1.29, 1.82) is 0 Å². The first kappa shape index (κ1) is 12.7. The summed E-state index contributed by atoms with van der Waals surface area (Å²) in [6, 6.07) is 3.02. The van der Waals surface area contributed by atoms with Crippen LogP contribution in [0.25, 0.3) is 0 Å². The Morgan fingerprint density at radius 3 is 2.95 bits per heavy atom. The molecule has 1 aromatic rings. The van der Waals surface area contributed by atoms with Crippen LogP contribution in [0.4, 0.5) is 4.79 Å². The van der Waals surface area contributed by atoms with Gasteiger partial charge in [-0.3, -0.25) is 14.5 Å². The van der Waals surface area contributed by atoms with Crippen LogP contribution >= 0.6 is 0 Å². The average Bonchev–Trinajstić information content (AvgIpc) is 3.13. The summed E-state index contributed by atoms with van der Waals surface area (Å²) in [4.78, 5) is 37.9. The summed E-state index contributed by atoms with van der Waals surface area (Å²) in [5, 5.41) is 2.40. The second-order valence-corrected chi connectivity index (χ2v) is 4.90. The Morgan fingerprint density at radius 2 is 2.30 bits per heavy atom. The average molecular weight is 277 g/mol. The van der Waals surface area contributed by atoms with Crippen LogP contribution < -0.4 is 5.32 Å². The molecule has 2 aliphatic heterocycles. The van der Waals surface area contributed by atoms with Gasteiger partial charge in [-0.1, -0.05) is 0 Å². The molecule has 1 aromatic heterocycles. The van der Waals surface area contributed by atoms with Crippen molar-refractivity contribution in [1.82, 2.24) is 15.1 Å². The summed E-state index contributed by atoms with van der Waals surface area (Å²) < 4.78 is 5.36. The lowest BCUT2D eigenvalue weighted by Gasteiger charge is -2.24. The highest BCUT2D eigenvalue weighted by atomic mass is 16.3. The van der Waals surface area contributed by atoms with Crippen molar-refractivity contribution >= 4 is 17.8 Å². The van der Waals surface area contributed by atoms with E-state index >= 15 is 0 Å². The van der Waals surface area contributed by atoms with Crippen LogP contribution in [0.2, 0.25) is 0 Å². The Kier molecular flexibility index (Phi) is 3.17. The minimum Gasteiger partial charge on any atom is -0.467 e. The third-order valence-electron chi connectivity index (χ3n) is 3.68. The monoisotopic (exact) mass is 277 g/mol. The molecule has 1 atom stereocenters. The number of hydrogen-bond donors (Lipinski definition) is 1. The number of likely N-dealkylation sites (tertiary alicyclic amines) is 1. The van der Waals surface area contributed by atoms with E-state index in [0.29, 0.717) is 6.54 Å². The van der Waals surface area contributed by atoms with E-state index in [1.807, 2.05) is 6.07 Å². The van der Waals surface area contributed by atoms with Crippen molar-refractivity contribution in [2.75, 3.05) is 19.6 Å². The highest BCUT2D eigenvalue weighted by molar-refractivity contribution is 6.04. The first-order chi connectivity index (χ1) is 9.66. The normalized spacial score (nSPS) is 22.5. The molecule has 2 saturated heterocycles. The number of furan rings is 1. The van der Waals surface area contributed by atoms with Crippen LogP contribution in [0.15, 0.2) is 22.8 Å². The number of imide groups is 1. The molecule has 3 rings (SSSR count). The van der Waals surface area contributed by atoms with Gasteiger partial charge in [-0.25, -0.2) is 4.79 Å². The van der Waals surface area contributed by atoms with E-state index in [2.05, 4.69) is 5.32 Å². The van der Waals surface area contributed by atoms with Crippen molar-refractivity contribution in [3.63, 3.8) is 0 Å². The molecular formula is C13H15N3O4. The molecule has 0 bridgehead atoms. The Hall–Kier alpha value is -2.31. The van der Waals surface area contributed by atoms with E-state index in [1.165, 1.54) is 0 Å². The third kappa shape index (κ3) is 2.15. The van der Waals surface area contributed by atoms with E-state index in [1.54, 1.807) is 17.2 Å². The van der Waals surface area contributed by atoms with E-state index in [4.69, 9.17) is 4.42 Å². The van der Waals surface area contributed by atoms with Gasteiger partial charge in [0, 0.05) is 6.54 Å². The molecule has 0 aliphatic carbocycles. The van der Waals surface area contributed by atoms with Gasteiger partial charge in [0.25, 0.3) is 5.91 Å². The largest absolute Gasteiger partial charge is 0.467 e. The second kappa shape index (κ2) is 4.99. The molecule has 0 radical (unpaired) electrons. The molecule has 0 saturated carbocycles. The lowest BCUT2D eigenvalue weighted by atomic mass is 10.1. The first-order valence-corrected chi connectivity index (χ1v) is 6.58. The maximum absolute atomic E-state index is 12.3. The molecule has 4 amide bonds. The number of rotatable bonds is 3. The fourth-order valence-electron chi connectivity index (χ4n) is 2.68.